The number of nitrogens with one attached hydrogen (secondary N) is 1. The van der Waals surface area contributed by atoms with Crippen molar-refractivity contribution in [3.8, 4) is 0 Å². The number of nitrogens with zero attached hydrogens (tertiary/aromatic N) is 3. The third-order valence-corrected chi connectivity index (χ3v) is 8.05. The van der Waals surface area contributed by atoms with Crippen molar-refractivity contribution in [3.05, 3.63) is 64.7 Å². The first-order valence-corrected chi connectivity index (χ1v) is 13.6. The minimum Gasteiger partial charge on any atom is -0.299 e. The lowest BCUT2D eigenvalue weighted by Crippen LogP contribution is -2.45. The van der Waals surface area contributed by atoms with E-state index < -0.39 is 38.7 Å². The van der Waals surface area contributed by atoms with Crippen LogP contribution in [0.15, 0.2) is 52.9 Å². The second-order valence-corrected chi connectivity index (χ2v) is 11.5. The maximum Gasteiger partial charge on any atom is 0.417 e. The number of amides is 1. The molecule has 0 aliphatic carbocycles. The molecule has 0 aliphatic rings. The van der Waals surface area contributed by atoms with Gasteiger partial charge in [0.25, 0.3) is 0 Å². The molecule has 7 nitrogen and oxygen atoms in total. The fraction of sp³-hybridized carbons (Fsp3) is 0.250. The molecule has 3 rings (SSSR count). The summed E-state index contributed by atoms with van der Waals surface area (Å²) in [7, 11) is -4.14. The molecule has 1 N–H and O–H groups in total. The summed E-state index contributed by atoms with van der Waals surface area (Å²) in [6, 6.07) is 10.9. The van der Waals surface area contributed by atoms with Crippen molar-refractivity contribution < 1.29 is 26.4 Å². The number of carbonyl (C=O) groups excluding carboxylic acids is 1. The summed E-state index contributed by atoms with van der Waals surface area (Å²) in [5.41, 5.74) is -0.484. The van der Waals surface area contributed by atoms with E-state index in [1.165, 1.54) is 18.7 Å². The summed E-state index contributed by atoms with van der Waals surface area (Å²) in [5, 5.41) is 9.90. The molecule has 34 heavy (non-hydrogen) atoms. The predicted octanol–water partition coefficient (Wildman–Crippen LogP) is 5.30. The zero-order valence-electron chi connectivity index (χ0n) is 17.7. The summed E-state index contributed by atoms with van der Waals surface area (Å²) in [4.78, 5) is 12.8. The molecule has 0 radical (unpaired) electrons. The van der Waals surface area contributed by atoms with Crippen LogP contribution in [0.1, 0.15) is 18.1 Å². The Labute approximate surface area is 207 Å². The van der Waals surface area contributed by atoms with Gasteiger partial charge in [0.2, 0.25) is 21.1 Å². The van der Waals surface area contributed by atoms with Gasteiger partial charge in [-0.2, -0.15) is 13.2 Å². The van der Waals surface area contributed by atoms with E-state index in [1.807, 2.05) is 30.3 Å². The topological polar surface area (TPSA) is 92.3 Å². The normalized spacial score (nSPS) is 12.9. The zero-order valence-corrected chi connectivity index (χ0v) is 20.9. The van der Waals surface area contributed by atoms with Crippen LogP contribution in [0.25, 0.3) is 0 Å². The fourth-order valence-electron chi connectivity index (χ4n) is 2.92. The van der Waals surface area contributed by atoms with Crippen molar-refractivity contribution in [1.29, 1.82) is 0 Å². The molecule has 1 atom stereocenters. The third kappa shape index (κ3) is 6.62. The number of carbonyl (C=O) groups is 1. The summed E-state index contributed by atoms with van der Waals surface area (Å²) in [6.07, 6.45) is -4.01. The Morgan fingerprint density at radius 3 is 2.50 bits per heavy atom. The molecule has 14 heteroatoms. The van der Waals surface area contributed by atoms with Gasteiger partial charge in [-0.25, -0.2) is 8.42 Å². The number of benzene rings is 2. The van der Waals surface area contributed by atoms with Gasteiger partial charge >= 0.3 is 6.18 Å². The highest BCUT2D eigenvalue weighted by molar-refractivity contribution is 8.00. The molecule has 0 aliphatic heterocycles. The van der Waals surface area contributed by atoms with Crippen LogP contribution in [0, 0.1) is 0 Å². The Bertz CT molecular complexity index is 1270. The highest BCUT2D eigenvalue weighted by atomic mass is 35.5. The molecule has 1 amide bonds. The first-order valence-electron chi connectivity index (χ1n) is 9.53. The van der Waals surface area contributed by atoms with Crippen LogP contribution in [0.2, 0.25) is 5.02 Å². The summed E-state index contributed by atoms with van der Waals surface area (Å²) in [6.45, 7) is 1.25. The van der Waals surface area contributed by atoms with E-state index in [-0.39, 0.29) is 10.8 Å². The first-order chi connectivity index (χ1) is 15.9. The van der Waals surface area contributed by atoms with E-state index in [0.717, 1.165) is 35.3 Å². The number of thioether (sulfide) groups is 1. The quantitative estimate of drug-likeness (QED) is 0.302. The van der Waals surface area contributed by atoms with Gasteiger partial charge in [-0.05, 0) is 30.7 Å². The number of halogens is 4. The van der Waals surface area contributed by atoms with Crippen molar-refractivity contribution in [2.24, 2.45) is 0 Å². The minimum atomic E-state index is -4.80. The Morgan fingerprint density at radius 2 is 1.88 bits per heavy atom. The number of hydrogen-bond donors (Lipinski definition) is 1. The second-order valence-electron chi connectivity index (χ2n) is 7.03. The summed E-state index contributed by atoms with van der Waals surface area (Å²) >= 11 is 8.14. The van der Waals surface area contributed by atoms with Crippen LogP contribution in [0.3, 0.4) is 0 Å². The van der Waals surface area contributed by atoms with Crippen molar-refractivity contribution in [2.75, 3.05) is 15.9 Å². The molecule has 3 aromatic rings. The maximum absolute atomic E-state index is 13.3. The summed E-state index contributed by atoms with van der Waals surface area (Å²) < 4.78 is 65.8. The molecule has 2 aromatic carbocycles. The molecule has 0 saturated heterocycles. The van der Waals surface area contributed by atoms with Crippen LogP contribution >= 0.6 is 34.7 Å². The molecule has 0 fully saturated rings. The highest BCUT2D eigenvalue weighted by Crippen LogP contribution is 2.38. The zero-order chi connectivity index (χ0) is 25.1. The second kappa shape index (κ2) is 10.5. The lowest BCUT2D eigenvalue weighted by atomic mass is 10.1. The SMILES string of the molecule is C[C@H](C(=O)Nc1nnc(SCc2ccccc2)s1)N(c1ccc(Cl)c(C(F)(F)F)c1)S(C)(=O)=O. The predicted molar refractivity (Wildman–Crippen MR) is 128 cm³/mol. The largest absolute Gasteiger partial charge is 0.417 e. The Kier molecular flexibility index (Phi) is 8.11. The molecule has 1 aromatic heterocycles. The summed E-state index contributed by atoms with van der Waals surface area (Å²) in [5.74, 6) is -0.149. The van der Waals surface area contributed by atoms with E-state index in [4.69, 9.17) is 11.6 Å². The molecular weight excluding hydrogens is 533 g/mol. The van der Waals surface area contributed by atoms with E-state index >= 15 is 0 Å². The lowest BCUT2D eigenvalue weighted by Gasteiger charge is -2.28. The van der Waals surface area contributed by atoms with Gasteiger partial charge < -0.3 is 0 Å². The van der Waals surface area contributed by atoms with Crippen LogP contribution in [-0.2, 0) is 26.7 Å². The molecule has 0 saturated carbocycles. The molecule has 182 valence electrons. The molecular formula is C20H18ClF3N4O3S3. The maximum atomic E-state index is 13.3. The van der Waals surface area contributed by atoms with Crippen molar-refractivity contribution in [2.45, 2.75) is 29.2 Å². The molecule has 0 bridgehead atoms. The van der Waals surface area contributed by atoms with Gasteiger partial charge in [-0.3, -0.25) is 14.4 Å². The number of sulfonamides is 1. The highest BCUT2D eigenvalue weighted by Gasteiger charge is 2.36. The average Bonchev–Trinajstić information content (AvgIpc) is 3.19. The van der Waals surface area contributed by atoms with E-state index in [9.17, 15) is 26.4 Å². The first kappa shape index (κ1) is 26.3. The number of aromatic nitrogens is 2. The van der Waals surface area contributed by atoms with E-state index in [2.05, 4.69) is 15.5 Å². The van der Waals surface area contributed by atoms with Gasteiger partial charge in [0.15, 0.2) is 4.34 Å². The van der Waals surface area contributed by atoms with Gasteiger partial charge in [0.1, 0.15) is 6.04 Å². The van der Waals surface area contributed by atoms with Crippen LogP contribution in [0.5, 0.6) is 0 Å². The van der Waals surface area contributed by atoms with Gasteiger partial charge in [0, 0.05) is 5.75 Å². The van der Waals surface area contributed by atoms with Crippen LogP contribution in [-0.4, -0.2) is 36.8 Å². The van der Waals surface area contributed by atoms with E-state index in [0.29, 0.717) is 20.5 Å². The molecule has 1 heterocycles. The minimum absolute atomic E-state index is 0.132. The number of alkyl halides is 3. The molecule has 0 spiro atoms. The Morgan fingerprint density at radius 1 is 1.21 bits per heavy atom. The number of hydrogen-bond acceptors (Lipinski definition) is 7. The average molecular weight is 551 g/mol. The standard InChI is InChI=1S/C20H18ClF3N4O3S3/c1-12(28(34(2,30)31)14-8-9-16(21)15(10-14)20(22,23)24)17(29)25-18-26-27-19(33-18)32-11-13-6-4-3-5-7-13/h3-10,12H,11H2,1-2H3,(H,25,26,29)/t12-/m1/s1. The Balaban J connectivity index is 1.77. The van der Waals surface area contributed by atoms with Gasteiger partial charge in [-0.1, -0.05) is 65.0 Å². The van der Waals surface area contributed by atoms with Gasteiger partial charge in [-0.15, -0.1) is 10.2 Å². The van der Waals surface area contributed by atoms with Crippen molar-refractivity contribution in [3.63, 3.8) is 0 Å². The smallest absolute Gasteiger partial charge is 0.299 e. The third-order valence-electron chi connectivity index (χ3n) is 4.44. The van der Waals surface area contributed by atoms with Crippen molar-refractivity contribution in [1.82, 2.24) is 10.2 Å². The van der Waals surface area contributed by atoms with Crippen LogP contribution in [0.4, 0.5) is 24.0 Å². The monoisotopic (exact) mass is 550 g/mol. The van der Waals surface area contributed by atoms with Crippen LogP contribution < -0.4 is 9.62 Å². The fourth-order valence-corrected chi connectivity index (χ4v) is 6.03. The van der Waals surface area contributed by atoms with Gasteiger partial charge in [0.05, 0.1) is 22.5 Å². The molecule has 0 unspecified atom stereocenters. The Hall–Kier alpha value is -2.35. The lowest BCUT2D eigenvalue weighted by molar-refractivity contribution is -0.137. The van der Waals surface area contributed by atoms with E-state index in [1.54, 1.807) is 0 Å². The number of rotatable bonds is 8. The number of anilines is 2. The van der Waals surface area contributed by atoms with Crippen molar-refractivity contribution >= 4 is 61.4 Å².